The number of benzene rings is 1. The molecule has 5 heteroatoms. The Morgan fingerprint density at radius 3 is 2.67 bits per heavy atom. The molecule has 1 aromatic heterocycles. The van der Waals surface area contributed by atoms with Gasteiger partial charge in [-0.3, -0.25) is 4.79 Å². The van der Waals surface area contributed by atoms with Gasteiger partial charge in [0.15, 0.2) is 0 Å². The summed E-state index contributed by atoms with van der Waals surface area (Å²) >= 11 is 0. The van der Waals surface area contributed by atoms with Crippen LogP contribution in [0, 0.1) is 0 Å². The summed E-state index contributed by atoms with van der Waals surface area (Å²) in [6.07, 6.45) is 1.54. The lowest BCUT2D eigenvalue weighted by Gasteiger charge is -2.21. The van der Waals surface area contributed by atoms with Crippen LogP contribution in [0.4, 0.5) is 5.82 Å². The average Bonchev–Trinajstić information content (AvgIpc) is 2.47. The van der Waals surface area contributed by atoms with Crippen LogP contribution in [0.15, 0.2) is 30.5 Å². The summed E-state index contributed by atoms with van der Waals surface area (Å²) in [5.41, 5.74) is 6.41. The van der Waals surface area contributed by atoms with E-state index in [4.69, 9.17) is 5.73 Å². The van der Waals surface area contributed by atoms with Crippen molar-refractivity contribution in [2.45, 2.75) is 19.9 Å². The van der Waals surface area contributed by atoms with E-state index in [-0.39, 0.29) is 5.91 Å². The molecule has 0 bridgehead atoms. The van der Waals surface area contributed by atoms with Gasteiger partial charge in [0.05, 0.1) is 5.56 Å². The van der Waals surface area contributed by atoms with Gasteiger partial charge in [-0.2, -0.15) is 0 Å². The fourth-order valence-corrected chi connectivity index (χ4v) is 2.09. The number of fused-ring (bicyclic) bond motifs is 1. The third-order valence-electron chi connectivity index (χ3n) is 3.70. The van der Waals surface area contributed by atoms with E-state index in [0.717, 1.165) is 17.3 Å². The first-order valence-corrected chi connectivity index (χ1v) is 7.12. The van der Waals surface area contributed by atoms with Crippen LogP contribution in [0.25, 0.3) is 10.8 Å². The van der Waals surface area contributed by atoms with Crippen LogP contribution < -0.4 is 11.1 Å². The fraction of sp³-hybridized carbons (Fsp3) is 0.375. The molecule has 0 atom stereocenters. The van der Waals surface area contributed by atoms with Crippen LogP contribution in [0.1, 0.15) is 24.2 Å². The zero-order chi connectivity index (χ0) is 15.4. The summed E-state index contributed by atoms with van der Waals surface area (Å²) < 4.78 is 0. The van der Waals surface area contributed by atoms with Crippen molar-refractivity contribution in [3.05, 3.63) is 36.0 Å². The predicted octanol–water partition coefficient (Wildman–Crippen LogP) is 1.89. The molecule has 0 radical (unpaired) electrons. The molecule has 2 aromatic rings. The Hall–Kier alpha value is -2.14. The number of carbonyl (C=O) groups excluding carboxylic acids is 1. The third kappa shape index (κ3) is 3.49. The van der Waals surface area contributed by atoms with Gasteiger partial charge in [0.25, 0.3) is 5.91 Å². The Bertz CT molecular complexity index is 639. The Kier molecular flexibility index (Phi) is 4.75. The lowest BCUT2D eigenvalue weighted by molar-refractivity contribution is 0.0949. The quantitative estimate of drug-likeness (QED) is 0.880. The number of pyridine rings is 1. The molecule has 0 aliphatic carbocycles. The standard InChI is InChI=1S/C16H22N4O/c1-11(2)20(3)9-8-18-16(21)14-10-19-15(17)13-7-5-4-6-12(13)14/h4-7,10-11H,8-9H2,1-3H3,(H2,17,19)(H,18,21). The van der Waals surface area contributed by atoms with Crippen LogP contribution in [0.2, 0.25) is 0 Å². The van der Waals surface area contributed by atoms with Gasteiger partial charge >= 0.3 is 0 Å². The number of amides is 1. The van der Waals surface area contributed by atoms with E-state index in [1.165, 1.54) is 0 Å². The Morgan fingerprint density at radius 2 is 2.00 bits per heavy atom. The van der Waals surface area contributed by atoms with Gasteiger partial charge in [-0.15, -0.1) is 0 Å². The maximum absolute atomic E-state index is 12.3. The highest BCUT2D eigenvalue weighted by molar-refractivity contribution is 6.08. The highest BCUT2D eigenvalue weighted by atomic mass is 16.1. The topological polar surface area (TPSA) is 71.2 Å². The molecule has 0 spiro atoms. The number of nitrogens with zero attached hydrogens (tertiary/aromatic N) is 2. The Morgan fingerprint density at radius 1 is 1.33 bits per heavy atom. The summed E-state index contributed by atoms with van der Waals surface area (Å²) in [6.45, 7) is 5.66. The Balaban J connectivity index is 2.12. The van der Waals surface area contributed by atoms with E-state index in [1.807, 2.05) is 31.3 Å². The molecule has 1 heterocycles. The Labute approximate surface area is 125 Å². The minimum Gasteiger partial charge on any atom is -0.383 e. The maximum Gasteiger partial charge on any atom is 0.253 e. The number of anilines is 1. The molecule has 0 aliphatic heterocycles. The van der Waals surface area contributed by atoms with Crippen LogP contribution in [-0.2, 0) is 0 Å². The number of rotatable bonds is 5. The minimum atomic E-state index is -0.115. The first-order chi connectivity index (χ1) is 10.0. The zero-order valence-corrected chi connectivity index (χ0v) is 12.8. The van der Waals surface area contributed by atoms with Crippen molar-refractivity contribution in [2.75, 3.05) is 25.9 Å². The first kappa shape index (κ1) is 15.3. The number of carbonyl (C=O) groups is 1. The van der Waals surface area contributed by atoms with Crippen molar-refractivity contribution in [3.8, 4) is 0 Å². The van der Waals surface area contributed by atoms with Crippen LogP contribution >= 0.6 is 0 Å². The lowest BCUT2D eigenvalue weighted by Crippen LogP contribution is -2.36. The van der Waals surface area contributed by atoms with Crippen molar-refractivity contribution in [3.63, 3.8) is 0 Å². The van der Waals surface area contributed by atoms with E-state index in [1.54, 1.807) is 6.20 Å². The molecule has 0 saturated heterocycles. The summed E-state index contributed by atoms with van der Waals surface area (Å²) in [6, 6.07) is 8.01. The molecule has 21 heavy (non-hydrogen) atoms. The first-order valence-electron chi connectivity index (χ1n) is 7.12. The van der Waals surface area contributed by atoms with Crippen molar-refractivity contribution in [1.29, 1.82) is 0 Å². The number of hydrogen-bond donors (Lipinski definition) is 2. The molecular weight excluding hydrogens is 264 g/mol. The van der Waals surface area contributed by atoms with E-state index in [2.05, 4.69) is 29.0 Å². The van der Waals surface area contributed by atoms with Gasteiger partial charge < -0.3 is 16.0 Å². The zero-order valence-electron chi connectivity index (χ0n) is 12.8. The highest BCUT2D eigenvalue weighted by Gasteiger charge is 2.12. The maximum atomic E-state index is 12.3. The lowest BCUT2D eigenvalue weighted by atomic mass is 10.1. The summed E-state index contributed by atoms with van der Waals surface area (Å²) in [5.74, 6) is 0.331. The number of nitrogens with two attached hydrogens (primary N) is 1. The molecule has 112 valence electrons. The molecule has 2 rings (SSSR count). The van der Waals surface area contributed by atoms with E-state index < -0.39 is 0 Å². The second-order valence-corrected chi connectivity index (χ2v) is 5.43. The number of nitrogens with one attached hydrogen (secondary N) is 1. The molecule has 5 nitrogen and oxygen atoms in total. The van der Waals surface area contributed by atoms with Crippen LogP contribution in [-0.4, -0.2) is 42.0 Å². The molecule has 0 unspecified atom stereocenters. The van der Waals surface area contributed by atoms with Crippen LogP contribution in [0.5, 0.6) is 0 Å². The van der Waals surface area contributed by atoms with Crippen molar-refractivity contribution >= 4 is 22.5 Å². The van der Waals surface area contributed by atoms with Gasteiger partial charge in [-0.05, 0) is 26.3 Å². The molecule has 0 fully saturated rings. The summed E-state index contributed by atoms with van der Waals surface area (Å²) in [7, 11) is 2.04. The monoisotopic (exact) mass is 286 g/mol. The summed E-state index contributed by atoms with van der Waals surface area (Å²) in [4.78, 5) is 18.6. The largest absolute Gasteiger partial charge is 0.383 e. The smallest absolute Gasteiger partial charge is 0.253 e. The van der Waals surface area contributed by atoms with Gasteiger partial charge in [0, 0.05) is 30.7 Å². The van der Waals surface area contributed by atoms with E-state index >= 15 is 0 Å². The van der Waals surface area contributed by atoms with Crippen molar-refractivity contribution < 1.29 is 4.79 Å². The minimum absolute atomic E-state index is 0.115. The normalized spacial score (nSPS) is 11.3. The molecule has 3 N–H and O–H groups in total. The predicted molar refractivity (Wildman–Crippen MR) is 86.3 cm³/mol. The third-order valence-corrected chi connectivity index (χ3v) is 3.70. The van der Waals surface area contributed by atoms with Gasteiger partial charge in [-0.1, -0.05) is 24.3 Å². The van der Waals surface area contributed by atoms with E-state index in [0.29, 0.717) is 24.0 Å². The van der Waals surface area contributed by atoms with Gasteiger partial charge in [0.2, 0.25) is 0 Å². The number of aromatic nitrogens is 1. The molecular formula is C16H22N4O. The molecule has 0 saturated carbocycles. The molecule has 1 amide bonds. The van der Waals surface area contributed by atoms with E-state index in [9.17, 15) is 4.79 Å². The number of likely N-dealkylation sites (N-methyl/N-ethyl adjacent to an activating group) is 1. The van der Waals surface area contributed by atoms with Gasteiger partial charge in [-0.25, -0.2) is 4.98 Å². The number of hydrogen-bond acceptors (Lipinski definition) is 4. The molecule has 1 aromatic carbocycles. The highest BCUT2D eigenvalue weighted by Crippen LogP contribution is 2.22. The van der Waals surface area contributed by atoms with Crippen LogP contribution in [0.3, 0.4) is 0 Å². The number of nitrogen functional groups attached to an aromatic ring is 1. The summed E-state index contributed by atoms with van der Waals surface area (Å²) in [5, 5.41) is 4.58. The average molecular weight is 286 g/mol. The van der Waals surface area contributed by atoms with Gasteiger partial charge in [0.1, 0.15) is 5.82 Å². The second kappa shape index (κ2) is 6.54. The van der Waals surface area contributed by atoms with Crippen molar-refractivity contribution in [2.24, 2.45) is 0 Å². The van der Waals surface area contributed by atoms with Crippen molar-refractivity contribution in [1.82, 2.24) is 15.2 Å². The molecule has 0 aliphatic rings. The SMILES string of the molecule is CC(C)N(C)CCNC(=O)c1cnc(N)c2ccccc12. The fourth-order valence-electron chi connectivity index (χ4n) is 2.09. The second-order valence-electron chi connectivity index (χ2n) is 5.43.